The number of hydrogen-bond acceptors (Lipinski definition) is 4. The van der Waals surface area contributed by atoms with Gasteiger partial charge in [0.25, 0.3) is 5.91 Å². The van der Waals surface area contributed by atoms with Gasteiger partial charge in [0.05, 0.1) is 11.4 Å². The second-order valence-electron chi connectivity index (χ2n) is 8.49. The van der Waals surface area contributed by atoms with Crippen molar-refractivity contribution in [2.45, 2.75) is 58.5 Å². The average molecular weight is 387 g/mol. The number of benzene rings is 1. The first kappa shape index (κ1) is 20.6. The Balaban J connectivity index is 1.83. The van der Waals surface area contributed by atoms with Gasteiger partial charge >= 0.3 is 0 Å². The van der Waals surface area contributed by atoms with Gasteiger partial charge < -0.3 is 15.5 Å². The molecular formula is C22H34N4O2. The van der Waals surface area contributed by atoms with Crippen LogP contribution in [0.15, 0.2) is 24.3 Å². The third-order valence-corrected chi connectivity index (χ3v) is 6.02. The predicted octanol–water partition coefficient (Wildman–Crippen LogP) is 2.85. The van der Waals surface area contributed by atoms with Crippen LogP contribution in [0, 0.1) is 5.92 Å². The van der Waals surface area contributed by atoms with Gasteiger partial charge in [-0.3, -0.25) is 14.5 Å². The molecule has 154 valence electrons. The van der Waals surface area contributed by atoms with Gasteiger partial charge in [0, 0.05) is 19.6 Å². The lowest BCUT2D eigenvalue weighted by Crippen LogP contribution is -2.65. The summed E-state index contributed by atoms with van der Waals surface area (Å²) in [6, 6.07) is 7.28. The number of amides is 2. The molecule has 0 aromatic heterocycles. The highest BCUT2D eigenvalue weighted by Crippen LogP contribution is 2.40. The molecule has 0 saturated carbocycles. The summed E-state index contributed by atoms with van der Waals surface area (Å²) < 4.78 is 0. The fraction of sp³-hybridized carbons (Fsp3) is 0.636. The van der Waals surface area contributed by atoms with Crippen molar-refractivity contribution in [3.63, 3.8) is 0 Å². The van der Waals surface area contributed by atoms with Gasteiger partial charge in [0.15, 0.2) is 0 Å². The molecule has 1 unspecified atom stereocenters. The fourth-order valence-corrected chi connectivity index (χ4v) is 4.20. The summed E-state index contributed by atoms with van der Waals surface area (Å²) in [6.07, 6.45) is 2.70. The quantitative estimate of drug-likeness (QED) is 0.789. The Bertz CT molecular complexity index is 710. The highest BCUT2D eigenvalue weighted by atomic mass is 16.2. The van der Waals surface area contributed by atoms with E-state index in [1.807, 2.05) is 38.1 Å². The van der Waals surface area contributed by atoms with Crippen molar-refractivity contribution in [3.05, 3.63) is 24.3 Å². The monoisotopic (exact) mass is 386 g/mol. The van der Waals surface area contributed by atoms with E-state index in [1.165, 1.54) is 6.42 Å². The molecule has 1 aromatic rings. The smallest absolute Gasteiger partial charge is 0.253 e. The molecule has 0 aliphatic carbocycles. The van der Waals surface area contributed by atoms with Crippen LogP contribution in [-0.2, 0) is 9.59 Å². The molecule has 28 heavy (non-hydrogen) atoms. The molecule has 6 heteroatoms. The zero-order chi connectivity index (χ0) is 20.3. The number of nitrogens with zero attached hydrogens (tertiary/aromatic N) is 2. The summed E-state index contributed by atoms with van der Waals surface area (Å²) in [7, 11) is 0. The Labute approximate surface area is 168 Å². The minimum atomic E-state index is -0.622. The number of nitrogens with one attached hydrogen (secondary N) is 2. The van der Waals surface area contributed by atoms with Gasteiger partial charge in [-0.05, 0) is 57.7 Å². The molecule has 2 heterocycles. The average Bonchev–Trinajstić information content (AvgIpc) is 2.68. The number of para-hydroxylation sites is 2. The largest absolute Gasteiger partial charge is 0.369 e. The van der Waals surface area contributed by atoms with Crippen LogP contribution in [0.3, 0.4) is 0 Å². The SMILES string of the molecule is CCNC(=O)C(C)N1C(=O)C2(CCN(CCC(C)C)CC2)Nc2ccccc21. The number of anilines is 2. The van der Waals surface area contributed by atoms with Crippen LogP contribution in [-0.4, -0.2) is 54.5 Å². The predicted molar refractivity (Wildman–Crippen MR) is 114 cm³/mol. The van der Waals surface area contributed by atoms with Gasteiger partial charge in [-0.25, -0.2) is 0 Å². The standard InChI is InChI=1S/C22H34N4O2/c1-5-23-20(27)17(4)26-19-9-7-6-8-18(19)24-22(21(26)28)11-14-25(15-12-22)13-10-16(2)3/h6-9,16-17,24H,5,10-15H2,1-4H3,(H,23,27). The molecule has 1 saturated heterocycles. The molecule has 6 nitrogen and oxygen atoms in total. The van der Waals surface area contributed by atoms with E-state index in [2.05, 4.69) is 29.4 Å². The first-order valence-electron chi connectivity index (χ1n) is 10.6. The number of rotatable bonds is 6. The maximum absolute atomic E-state index is 13.7. The van der Waals surface area contributed by atoms with Crippen molar-refractivity contribution in [2.75, 3.05) is 36.4 Å². The molecule has 2 aliphatic heterocycles. The van der Waals surface area contributed by atoms with Crippen molar-refractivity contribution in [3.8, 4) is 0 Å². The number of fused-ring (bicyclic) bond motifs is 1. The Morgan fingerprint density at radius 1 is 1.21 bits per heavy atom. The Hall–Kier alpha value is -2.08. The summed E-state index contributed by atoms with van der Waals surface area (Å²) in [6.45, 7) is 11.6. The minimum absolute atomic E-state index is 0.0217. The molecule has 1 spiro atoms. The van der Waals surface area contributed by atoms with Crippen LogP contribution < -0.4 is 15.5 Å². The summed E-state index contributed by atoms with van der Waals surface area (Å²) >= 11 is 0. The zero-order valence-corrected chi connectivity index (χ0v) is 17.6. The van der Waals surface area contributed by atoms with E-state index in [0.717, 1.165) is 43.9 Å². The first-order chi connectivity index (χ1) is 13.4. The number of carbonyl (C=O) groups is 2. The first-order valence-corrected chi connectivity index (χ1v) is 10.6. The second-order valence-corrected chi connectivity index (χ2v) is 8.49. The topological polar surface area (TPSA) is 64.7 Å². The third kappa shape index (κ3) is 4.02. The van der Waals surface area contributed by atoms with Gasteiger partial charge in [0.2, 0.25) is 5.91 Å². The van der Waals surface area contributed by atoms with Crippen LogP contribution in [0.25, 0.3) is 0 Å². The molecule has 1 aromatic carbocycles. The van der Waals surface area contributed by atoms with E-state index in [1.54, 1.807) is 4.90 Å². The van der Waals surface area contributed by atoms with Crippen LogP contribution in [0.2, 0.25) is 0 Å². The fourth-order valence-electron chi connectivity index (χ4n) is 4.20. The minimum Gasteiger partial charge on any atom is -0.369 e. The molecule has 0 bridgehead atoms. The van der Waals surface area contributed by atoms with E-state index in [9.17, 15) is 9.59 Å². The van der Waals surface area contributed by atoms with Gasteiger partial charge in [-0.2, -0.15) is 0 Å². The lowest BCUT2D eigenvalue weighted by molar-refractivity contribution is -0.129. The second kappa shape index (κ2) is 8.52. The molecular weight excluding hydrogens is 352 g/mol. The normalized spacial score (nSPS) is 20.0. The van der Waals surface area contributed by atoms with Gasteiger partial charge in [0.1, 0.15) is 11.6 Å². The van der Waals surface area contributed by atoms with Crippen molar-refractivity contribution >= 4 is 23.2 Å². The number of likely N-dealkylation sites (N-methyl/N-ethyl adjacent to an activating group) is 1. The maximum atomic E-state index is 13.7. The Kier molecular flexibility index (Phi) is 6.28. The molecule has 0 radical (unpaired) electrons. The van der Waals surface area contributed by atoms with Gasteiger partial charge in [-0.15, -0.1) is 0 Å². The molecule has 3 rings (SSSR count). The van der Waals surface area contributed by atoms with E-state index in [4.69, 9.17) is 0 Å². The lowest BCUT2D eigenvalue weighted by atomic mass is 9.83. The van der Waals surface area contributed by atoms with Crippen LogP contribution in [0.4, 0.5) is 11.4 Å². The Morgan fingerprint density at radius 2 is 1.89 bits per heavy atom. The third-order valence-electron chi connectivity index (χ3n) is 6.02. The highest BCUT2D eigenvalue weighted by molar-refractivity contribution is 6.11. The number of hydrogen-bond donors (Lipinski definition) is 2. The van der Waals surface area contributed by atoms with E-state index in [0.29, 0.717) is 12.5 Å². The number of likely N-dealkylation sites (tertiary alicyclic amines) is 1. The number of piperidine rings is 1. The molecule has 1 fully saturated rings. The Morgan fingerprint density at radius 3 is 2.54 bits per heavy atom. The highest BCUT2D eigenvalue weighted by Gasteiger charge is 2.49. The van der Waals surface area contributed by atoms with Crippen LogP contribution >= 0.6 is 0 Å². The summed E-state index contributed by atoms with van der Waals surface area (Å²) in [5.74, 6) is 0.594. The van der Waals surface area contributed by atoms with Crippen molar-refractivity contribution in [1.29, 1.82) is 0 Å². The molecule has 1 atom stereocenters. The maximum Gasteiger partial charge on any atom is 0.253 e. The van der Waals surface area contributed by atoms with E-state index < -0.39 is 11.6 Å². The molecule has 2 N–H and O–H groups in total. The summed E-state index contributed by atoms with van der Waals surface area (Å²) in [5, 5.41) is 6.41. The van der Waals surface area contributed by atoms with Gasteiger partial charge in [-0.1, -0.05) is 26.0 Å². The van der Waals surface area contributed by atoms with Crippen molar-refractivity contribution < 1.29 is 9.59 Å². The molecule has 2 amide bonds. The van der Waals surface area contributed by atoms with E-state index >= 15 is 0 Å². The van der Waals surface area contributed by atoms with Crippen molar-refractivity contribution in [1.82, 2.24) is 10.2 Å². The molecule has 2 aliphatic rings. The van der Waals surface area contributed by atoms with E-state index in [-0.39, 0.29) is 11.8 Å². The summed E-state index contributed by atoms with van der Waals surface area (Å²) in [5.41, 5.74) is 1.11. The lowest BCUT2D eigenvalue weighted by Gasteiger charge is -2.49. The number of carbonyl (C=O) groups excluding carboxylic acids is 2. The van der Waals surface area contributed by atoms with Crippen LogP contribution in [0.1, 0.15) is 47.0 Å². The van der Waals surface area contributed by atoms with Crippen LogP contribution in [0.5, 0.6) is 0 Å². The zero-order valence-electron chi connectivity index (χ0n) is 17.6. The van der Waals surface area contributed by atoms with Crippen molar-refractivity contribution in [2.24, 2.45) is 5.92 Å². The summed E-state index contributed by atoms with van der Waals surface area (Å²) in [4.78, 5) is 30.4.